The van der Waals surface area contributed by atoms with Crippen molar-refractivity contribution < 1.29 is 0 Å². The molecule has 0 bridgehead atoms. The zero-order chi connectivity index (χ0) is 14.8. The van der Waals surface area contributed by atoms with Gasteiger partial charge in [-0.25, -0.2) is 4.68 Å². The van der Waals surface area contributed by atoms with E-state index in [0.29, 0.717) is 0 Å². The van der Waals surface area contributed by atoms with Gasteiger partial charge in [0, 0.05) is 31.2 Å². The van der Waals surface area contributed by atoms with Crippen LogP contribution in [0.4, 0.5) is 5.69 Å². The van der Waals surface area contributed by atoms with Crippen LogP contribution in [0.25, 0.3) is 5.69 Å². The summed E-state index contributed by atoms with van der Waals surface area (Å²) in [6.45, 7) is 2.11. The Morgan fingerprint density at radius 1 is 0.955 bits per heavy atom. The molecule has 0 spiro atoms. The van der Waals surface area contributed by atoms with E-state index in [4.69, 9.17) is 0 Å². The molecule has 0 saturated carbocycles. The van der Waals surface area contributed by atoms with Gasteiger partial charge in [0.05, 0.1) is 5.69 Å². The highest BCUT2D eigenvalue weighted by atomic mass is 15.3. The highest BCUT2D eigenvalue weighted by Gasteiger charge is 2.16. The van der Waals surface area contributed by atoms with Crippen LogP contribution < -0.4 is 4.90 Å². The molecular weight excluding hydrogens is 270 g/mol. The van der Waals surface area contributed by atoms with E-state index >= 15 is 0 Å². The summed E-state index contributed by atoms with van der Waals surface area (Å²) < 4.78 is 1.89. The summed E-state index contributed by atoms with van der Waals surface area (Å²) in [7, 11) is 0. The Kier molecular flexibility index (Phi) is 3.39. The van der Waals surface area contributed by atoms with Crippen molar-refractivity contribution in [1.82, 2.24) is 9.78 Å². The summed E-state index contributed by atoms with van der Waals surface area (Å²) in [5.41, 5.74) is 5.31. The van der Waals surface area contributed by atoms with Crippen LogP contribution in [-0.4, -0.2) is 16.3 Å². The van der Waals surface area contributed by atoms with Crippen LogP contribution in [0.2, 0.25) is 0 Å². The number of hydrogen-bond acceptors (Lipinski definition) is 2. The molecule has 3 nitrogen and oxygen atoms in total. The molecular formula is C19H19N3. The van der Waals surface area contributed by atoms with E-state index in [1.54, 1.807) is 6.20 Å². The minimum Gasteiger partial charge on any atom is -0.367 e. The second-order valence-electron chi connectivity index (χ2n) is 5.77. The third-order valence-corrected chi connectivity index (χ3v) is 4.29. The molecule has 110 valence electrons. The van der Waals surface area contributed by atoms with Crippen molar-refractivity contribution >= 4 is 5.69 Å². The van der Waals surface area contributed by atoms with Gasteiger partial charge < -0.3 is 4.90 Å². The molecule has 1 aliphatic rings. The lowest BCUT2D eigenvalue weighted by Crippen LogP contribution is -2.28. The van der Waals surface area contributed by atoms with Crippen LogP contribution in [0.5, 0.6) is 0 Å². The van der Waals surface area contributed by atoms with Crippen molar-refractivity contribution in [1.29, 1.82) is 0 Å². The monoisotopic (exact) mass is 289 g/mol. The first kappa shape index (κ1) is 13.1. The predicted octanol–water partition coefficient (Wildman–Crippen LogP) is 3.83. The molecule has 4 rings (SSSR count). The number of hydrogen-bond donors (Lipinski definition) is 0. The summed E-state index contributed by atoms with van der Waals surface area (Å²) in [5, 5.41) is 4.27. The zero-order valence-corrected chi connectivity index (χ0v) is 12.5. The van der Waals surface area contributed by atoms with E-state index in [1.165, 1.54) is 29.7 Å². The number of aromatic nitrogens is 2. The van der Waals surface area contributed by atoms with Crippen molar-refractivity contribution in [3.63, 3.8) is 0 Å². The number of fused-ring (bicyclic) bond motifs is 1. The van der Waals surface area contributed by atoms with Crippen LogP contribution in [-0.2, 0) is 13.0 Å². The maximum atomic E-state index is 4.27. The van der Waals surface area contributed by atoms with Gasteiger partial charge in [-0.1, -0.05) is 30.3 Å². The Labute approximate surface area is 130 Å². The minimum absolute atomic E-state index is 0.969. The van der Waals surface area contributed by atoms with Gasteiger partial charge in [0.1, 0.15) is 0 Å². The van der Waals surface area contributed by atoms with Crippen LogP contribution in [0.15, 0.2) is 67.0 Å². The molecule has 3 aromatic rings. The Balaban J connectivity index is 1.55. The number of aryl methyl sites for hydroxylation is 1. The van der Waals surface area contributed by atoms with Gasteiger partial charge in [0.2, 0.25) is 0 Å². The molecule has 2 heterocycles. The molecule has 0 radical (unpaired) electrons. The highest BCUT2D eigenvalue weighted by Crippen LogP contribution is 2.28. The van der Waals surface area contributed by atoms with Crippen molar-refractivity contribution in [3.05, 3.63) is 78.1 Å². The minimum atomic E-state index is 0.969. The van der Waals surface area contributed by atoms with Crippen molar-refractivity contribution in [2.45, 2.75) is 19.4 Å². The molecule has 22 heavy (non-hydrogen) atoms. The van der Waals surface area contributed by atoms with Crippen LogP contribution in [0.1, 0.15) is 17.5 Å². The van der Waals surface area contributed by atoms with Gasteiger partial charge in [-0.05, 0) is 48.2 Å². The van der Waals surface area contributed by atoms with Crippen molar-refractivity contribution in [2.24, 2.45) is 0 Å². The fourth-order valence-electron chi connectivity index (χ4n) is 3.17. The number of benzene rings is 2. The fourth-order valence-corrected chi connectivity index (χ4v) is 3.17. The summed E-state index contributed by atoms with van der Waals surface area (Å²) in [6, 6.07) is 19.4. The van der Waals surface area contributed by atoms with Gasteiger partial charge in [-0.15, -0.1) is 0 Å². The SMILES string of the molecule is c1ccc2c(c1)CCCN2Cc1ccc(-n2cccn2)cc1. The van der Waals surface area contributed by atoms with Gasteiger partial charge in [0.15, 0.2) is 0 Å². The summed E-state index contributed by atoms with van der Waals surface area (Å²) in [5.74, 6) is 0. The largest absolute Gasteiger partial charge is 0.367 e. The predicted molar refractivity (Wildman–Crippen MR) is 89.4 cm³/mol. The van der Waals surface area contributed by atoms with Crippen molar-refractivity contribution in [2.75, 3.05) is 11.4 Å². The number of nitrogens with zero attached hydrogens (tertiary/aromatic N) is 3. The lowest BCUT2D eigenvalue weighted by atomic mass is 10.0. The Morgan fingerprint density at radius 2 is 1.82 bits per heavy atom. The first-order valence-electron chi connectivity index (χ1n) is 7.82. The maximum Gasteiger partial charge on any atom is 0.0645 e. The van der Waals surface area contributed by atoms with E-state index < -0.39 is 0 Å². The maximum absolute atomic E-state index is 4.27. The van der Waals surface area contributed by atoms with E-state index in [1.807, 2.05) is 16.9 Å². The van der Waals surface area contributed by atoms with E-state index in [9.17, 15) is 0 Å². The number of rotatable bonds is 3. The molecule has 0 saturated heterocycles. The van der Waals surface area contributed by atoms with Crippen LogP contribution in [0.3, 0.4) is 0 Å². The average molecular weight is 289 g/mol. The third kappa shape index (κ3) is 2.50. The summed E-state index contributed by atoms with van der Waals surface area (Å²) in [6.07, 6.45) is 6.21. The molecule has 0 fully saturated rings. The number of para-hydroxylation sites is 1. The Morgan fingerprint density at radius 3 is 2.64 bits per heavy atom. The van der Waals surface area contributed by atoms with E-state index in [-0.39, 0.29) is 0 Å². The molecule has 0 amide bonds. The summed E-state index contributed by atoms with van der Waals surface area (Å²) in [4.78, 5) is 2.49. The van der Waals surface area contributed by atoms with Crippen molar-refractivity contribution in [3.8, 4) is 5.69 Å². The quantitative estimate of drug-likeness (QED) is 0.731. The van der Waals surface area contributed by atoms with Gasteiger partial charge in [-0.2, -0.15) is 5.10 Å². The molecule has 1 aliphatic heterocycles. The lowest BCUT2D eigenvalue weighted by Gasteiger charge is -2.31. The Hall–Kier alpha value is -2.55. The molecule has 2 aromatic carbocycles. The van der Waals surface area contributed by atoms with Crippen LogP contribution >= 0.6 is 0 Å². The van der Waals surface area contributed by atoms with Gasteiger partial charge >= 0.3 is 0 Å². The zero-order valence-electron chi connectivity index (χ0n) is 12.5. The molecule has 0 atom stereocenters. The first-order valence-corrected chi connectivity index (χ1v) is 7.82. The second-order valence-corrected chi connectivity index (χ2v) is 5.77. The molecule has 0 unspecified atom stereocenters. The first-order chi connectivity index (χ1) is 10.9. The molecule has 3 heteroatoms. The smallest absolute Gasteiger partial charge is 0.0645 e. The molecule has 0 aliphatic carbocycles. The van der Waals surface area contributed by atoms with Gasteiger partial charge in [0.25, 0.3) is 0 Å². The normalized spacial score (nSPS) is 13.9. The standard InChI is InChI=1S/C19H19N3/c1-2-7-19-17(5-1)6-3-13-21(19)15-16-8-10-18(11-9-16)22-14-4-12-20-22/h1-2,4-5,7-12,14H,3,6,13,15H2. The van der Waals surface area contributed by atoms with Gasteiger partial charge in [-0.3, -0.25) is 0 Å². The van der Waals surface area contributed by atoms with Crippen LogP contribution in [0, 0.1) is 0 Å². The number of anilines is 1. The average Bonchev–Trinajstić information content (AvgIpc) is 3.10. The highest BCUT2D eigenvalue weighted by molar-refractivity contribution is 5.55. The summed E-state index contributed by atoms with van der Waals surface area (Å²) >= 11 is 0. The fraction of sp³-hybridized carbons (Fsp3) is 0.211. The topological polar surface area (TPSA) is 21.1 Å². The van der Waals surface area contributed by atoms with E-state index in [0.717, 1.165) is 18.8 Å². The third-order valence-electron chi connectivity index (χ3n) is 4.29. The van der Waals surface area contributed by atoms with E-state index in [2.05, 4.69) is 58.5 Å². The second kappa shape index (κ2) is 5.68. The lowest BCUT2D eigenvalue weighted by molar-refractivity contribution is 0.691. The Bertz CT molecular complexity index is 745. The molecule has 1 aromatic heterocycles. The molecule has 0 N–H and O–H groups in total.